The van der Waals surface area contributed by atoms with E-state index in [2.05, 4.69) is 27.7 Å². The lowest BCUT2D eigenvalue weighted by Gasteiger charge is -2.27. The van der Waals surface area contributed by atoms with Crippen LogP contribution < -0.4 is 0 Å². The molecule has 1 fully saturated rings. The van der Waals surface area contributed by atoms with Gasteiger partial charge in [-0.2, -0.15) is 0 Å². The molecule has 0 spiro atoms. The molecule has 0 aromatic carbocycles. The highest BCUT2D eigenvalue weighted by Crippen LogP contribution is 2.30. The lowest BCUT2D eigenvalue weighted by molar-refractivity contribution is -0.873. The first-order valence-corrected chi connectivity index (χ1v) is 4.47. The summed E-state index contributed by atoms with van der Waals surface area (Å²) in [6, 6.07) is 0. The Morgan fingerprint density at radius 2 is 2.09 bits per heavy atom. The van der Waals surface area contributed by atoms with Crippen LogP contribution in [-0.2, 0) is 0 Å². The molecule has 0 aliphatic heterocycles. The Hall–Kier alpha value is -0.300. The maximum Gasteiger partial charge on any atom is 0.0846 e. The van der Waals surface area contributed by atoms with E-state index in [0.717, 1.165) is 10.4 Å². The van der Waals surface area contributed by atoms with E-state index in [-0.39, 0.29) is 0 Å². The predicted molar refractivity (Wildman–Crippen MR) is 49.4 cm³/mol. The molecule has 0 aromatic heterocycles. The number of hydrogen-bond donors (Lipinski definition) is 0. The Bertz CT molecular complexity index is 153. The van der Waals surface area contributed by atoms with E-state index in [1.165, 1.54) is 31.4 Å². The minimum Gasteiger partial charge on any atom is -0.330 e. The summed E-state index contributed by atoms with van der Waals surface area (Å²) in [6.07, 6.45) is 4.00. The minimum atomic E-state index is 0.801. The average molecular weight is 154 g/mol. The maximum absolute atomic E-state index is 4.11. The molecule has 1 saturated carbocycles. The lowest BCUT2D eigenvalue weighted by atomic mass is 10.0. The molecule has 11 heavy (non-hydrogen) atoms. The molecular weight excluding hydrogens is 134 g/mol. The van der Waals surface area contributed by atoms with E-state index < -0.39 is 0 Å². The van der Waals surface area contributed by atoms with Crippen LogP contribution in [0, 0.1) is 5.92 Å². The van der Waals surface area contributed by atoms with Gasteiger partial charge in [-0.1, -0.05) is 12.2 Å². The zero-order chi connectivity index (χ0) is 8.48. The van der Waals surface area contributed by atoms with Gasteiger partial charge in [0.25, 0.3) is 0 Å². The lowest BCUT2D eigenvalue weighted by Crippen LogP contribution is -2.38. The van der Waals surface area contributed by atoms with Crippen LogP contribution in [0.25, 0.3) is 0 Å². The maximum atomic E-state index is 4.11. The van der Waals surface area contributed by atoms with Gasteiger partial charge in [-0.15, -0.1) is 0 Å². The fourth-order valence-electron chi connectivity index (χ4n) is 1.87. The molecule has 0 radical (unpaired) electrons. The van der Waals surface area contributed by atoms with E-state index in [1.54, 1.807) is 0 Å². The van der Waals surface area contributed by atoms with Crippen molar-refractivity contribution in [2.45, 2.75) is 19.3 Å². The summed E-state index contributed by atoms with van der Waals surface area (Å²) in [7, 11) is 6.77. The largest absolute Gasteiger partial charge is 0.330 e. The fraction of sp³-hybridized carbons (Fsp3) is 0.800. The number of rotatable bonds is 2. The molecule has 0 amide bonds. The van der Waals surface area contributed by atoms with Crippen molar-refractivity contribution in [1.82, 2.24) is 0 Å². The Kier molecular flexibility index (Phi) is 2.38. The summed E-state index contributed by atoms with van der Waals surface area (Å²) < 4.78 is 1.07. The van der Waals surface area contributed by atoms with Crippen molar-refractivity contribution >= 4 is 0 Å². The second kappa shape index (κ2) is 2.98. The molecule has 1 nitrogen and oxygen atoms in total. The topological polar surface area (TPSA) is 0 Å². The van der Waals surface area contributed by atoms with Crippen LogP contribution >= 0.6 is 0 Å². The molecule has 1 heteroatoms. The Labute approximate surface area is 70.3 Å². The van der Waals surface area contributed by atoms with Gasteiger partial charge in [-0.05, 0) is 19.3 Å². The van der Waals surface area contributed by atoms with Crippen LogP contribution in [0.4, 0.5) is 0 Å². The van der Waals surface area contributed by atoms with Gasteiger partial charge < -0.3 is 4.48 Å². The SMILES string of the molecule is C=C1CCC[C@H]1C[N+](C)(C)C. The van der Waals surface area contributed by atoms with E-state index in [0.29, 0.717) is 0 Å². The average Bonchev–Trinajstić information content (AvgIpc) is 2.12. The molecule has 1 aliphatic rings. The van der Waals surface area contributed by atoms with Crippen molar-refractivity contribution in [2.75, 3.05) is 27.7 Å². The third-order valence-corrected chi connectivity index (χ3v) is 2.40. The molecular formula is C10H20N+. The van der Waals surface area contributed by atoms with E-state index in [9.17, 15) is 0 Å². The van der Waals surface area contributed by atoms with Crippen molar-refractivity contribution in [2.24, 2.45) is 5.92 Å². The molecule has 1 atom stereocenters. The predicted octanol–water partition coefficient (Wildman–Crippen LogP) is 2.05. The molecule has 64 valence electrons. The summed E-state index contributed by atoms with van der Waals surface area (Å²) in [5, 5.41) is 0. The standard InChI is InChI=1S/C10H20N/c1-9-6-5-7-10(9)8-11(2,3)4/h10H,1,5-8H2,2-4H3/q+1/t10-/m0/s1. The van der Waals surface area contributed by atoms with Gasteiger partial charge in [0, 0.05) is 5.92 Å². The van der Waals surface area contributed by atoms with Crippen LogP contribution in [0.2, 0.25) is 0 Å². The smallest absolute Gasteiger partial charge is 0.0846 e. The van der Waals surface area contributed by atoms with Crippen molar-refractivity contribution in [3.63, 3.8) is 0 Å². The zero-order valence-electron chi connectivity index (χ0n) is 8.06. The van der Waals surface area contributed by atoms with Crippen LogP contribution in [0.3, 0.4) is 0 Å². The van der Waals surface area contributed by atoms with Gasteiger partial charge in [0.05, 0.1) is 27.7 Å². The first kappa shape index (κ1) is 8.79. The highest BCUT2D eigenvalue weighted by atomic mass is 15.3. The zero-order valence-corrected chi connectivity index (χ0v) is 8.06. The van der Waals surface area contributed by atoms with Crippen LogP contribution in [0.5, 0.6) is 0 Å². The van der Waals surface area contributed by atoms with Gasteiger partial charge in [0.15, 0.2) is 0 Å². The van der Waals surface area contributed by atoms with E-state index in [4.69, 9.17) is 0 Å². The monoisotopic (exact) mass is 154 g/mol. The molecule has 0 heterocycles. The molecule has 0 saturated heterocycles. The van der Waals surface area contributed by atoms with Crippen molar-refractivity contribution in [1.29, 1.82) is 0 Å². The van der Waals surface area contributed by atoms with Gasteiger partial charge >= 0.3 is 0 Å². The molecule has 0 bridgehead atoms. The summed E-state index contributed by atoms with van der Waals surface area (Å²) >= 11 is 0. The molecule has 0 unspecified atom stereocenters. The third-order valence-electron chi connectivity index (χ3n) is 2.40. The van der Waals surface area contributed by atoms with Crippen LogP contribution in [0.15, 0.2) is 12.2 Å². The van der Waals surface area contributed by atoms with Gasteiger partial charge in [-0.3, -0.25) is 0 Å². The van der Waals surface area contributed by atoms with Crippen LogP contribution in [-0.4, -0.2) is 32.2 Å². The normalized spacial score (nSPS) is 26.1. The highest BCUT2D eigenvalue weighted by Gasteiger charge is 2.24. The van der Waals surface area contributed by atoms with Crippen LogP contribution in [0.1, 0.15) is 19.3 Å². The number of hydrogen-bond acceptors (Lipinski definition) is 0. The summed E-state index contributed by atoms with van der Waals surface area (Å²) in [4.78, 5) is 0. The first-order chi connectivity index (χ1) is 4.99. The quantitative estimate of drug-likeness (QED) is 0.422. The van der Waals surface area contributed by atoms with Crippen molar-refractivity contribution < 1.29 is 4.48 Å². The molecule has 0 N–H and O–H groups in total. The Morgan fingerprint density at radius 3 is 2.45 bits per heavy atom. The summed E-state index contributed by atoms with van der Waals surface area (Å²) in [5.74, 6) is 0.801. The summed E-state index contributed by atoms with van der Waals surface area (Å²) in [5.41, 5.74) is 1.48. The third kappa shape index (κ3) is 2.66. The van der Waals surface area contributed by atoms with Crippen molar-refractivity contribution in [3.8, 4) is 0 Å². The second-order valence-corrected chi connectivity index (χ2v) is 4.72. The second-order valence-electron chi connectivity index (χ2n) is 4.72. The first-order valence-electron chi connectivity index (χ1n) is 4.47. The Balaban J connectivity index is 2.43. The van der Waals surface area contributed by atoms with Gasteiger partial charge in [0.1, 0.15) is 0 Å². The molecule has 1 rings (SSSR count). The minimum absolute atomic E-state index is 0.801. The van der Waals surface area contributed by atoms with Gasteiger partial charge in [0.2, 0.25) is 0 Å². The summed E-state index contributed by atoms with van der Waals surface area (Å²) in [6.45, 7) is 5.37. The van der Waals surface area contributed by atoms with Crippen molar-refractivity contribution in [3.05, 3.63) is 12.2 Å². The number of quaternary nitrogens is 1. The molecule has 1 aliphatic carbocycles. The highest BCUT2D eigenvalue weighted by molar-refractivity contribution is 5.05. The number of nitrogens with zero attached hydrogens (tertiary/aromatic N) is 1. The molecule has 0 aromatic rings. The Morgan fingerprint density at radius 1 is 1.45 bits per heavy atom. The van der Waals surface area contributed by atoms with E-state index in [1.807, 2.05) is 0 Å². The fourth-order valence-corrected chi connectivity index (χ4v) is 1.87. The van der Waals surface area contributed by atoms with Gasteiger partial charge in [-0.25, -0.2) is 0 Å². The van der Waals surface area contributed by atoms with E-state index >= 15 is 0 Å².